The molecule has 0 aliphatic heterocycles. The summed E-state index contributed by atoms with van der Waals surface area (Å²) >= 11 is 3.25. The number of rotatable bonds is 3. The third-order valence-corrected chi connectivity index (χ3v) is 5.16. The number of nitrogen functional groups attached to an aromatic ring is 1. The average molecular weight is 370 g/mol. The lowest BCUT2D eigenvalue weighted by atomic mass is 10.1. The molecule has 0 radical (unpaired) electrons. The van der Waals surface area contributed by atoms with Gasteiger partial charge in [0.15, 0.2) is 0 Å². The van der Waals surface area contributed by atoms with Crippen LogP contribution in [-0.4, -0.2) is 13.4 Å². The minimum atomic E-state index is -3.71. The number of pyridine rings is 1. The quantitative estimate of drug-likeness (QED) is 0.642. The van der Waals surface area contributed by atoms with Crippen LogP contribution in [-0.2, 0) is 10.0 Å². The number of nitrogens with two attached hydrogens (primary N) is 1. The minimum Gasteiger partial charge on any atom is -0.399 e. The van der Waals surface area contributed by atoms with Gasteiger partial charge in [0.05, 0.1) is 16.3 Å². The van der Waals surface area contributed by atoms with Gasteiger partial charge < -0.3 is 5.73 Å². The first-order valence-electron chi connectivity index (χ1n) is 6.23. The summed E-state index contributed by atoms with van der Waals surface area (Å²) in [5, 5.41) is 0. The molecule has 2 rings (SSSR count). The topological polar surface area (TPSA) is 85.1 Å². The second kappa shape index (κ2) is 5.65. The predicted molar refractivity (Wildman–Crippen MR) is 87.8 cm³/mol. The summed E-state index contributed by atoms with van der Waals surface area (Å²) in [7, 11) is -3.71. The summed E-state index contributed by atoms with van der Waals surface area (Å²) in [6.45, 7) is 5.33. The number of aryl methyl sites for hydroxylation is 2. The van der Waals surface area contributed by atoms with Gasteiger partial charge in [0, 0.05) is 5.69 Å². The molecule has 1 heterocycles. The summed E-state index contributed by atoms with van der Waals surface area (Å²) in [5.74, 6) is 0. The third-order valence-electron chi connectivity index (χ3n) is 3.23. The fourth-order valence-corrected chi connectivity index (χ4v) is 3.84. The Morgan fingerprint density at radius 3 is 2.48 bits per heavy atom. The Morgan fingerprint density at radius 2 is 1.86 bits per heavy atom. The summed E-state index contributed by atoms with van der Waals surface area (Å²) in [6.07, 6.45) is 0. The maximum Gasteiger partial charge on any atom is 0.262 e. The normalized spacial score (nSPS) is 11.4. The van der Waals surface area contributed by atoms with E-state index in [1.807, 2.05) is 6.92 Å². The molecular weight excluding hydrogens is 354 g/mol. The van der Waals surface area contributed by atoms with Crippen LogP contribution in [0.4, 0.5) is 11.4 Å². The van der Waals surface area contributed by atoms with Gasteiger partial charge >= 0.3 is 0 Å². The van der Waals surface area contributed by atoms with E-state index < -0.39 is 10.0 Å². The number of aromatic nitrogens is 1. The van der Waals surface area contributed by atoms with Crippen molar-refractivity contribution in [3.05, 3.63) is 45.7 Å². The van der Waals surface area contributed by atoms with Crippen LogP contribution in [0.15, 0.2) is 33.8 Å². The van der Waals surface area contributed by atoms with E-state index in [9.17, 15) is 8.42 Å². The molecule has 1 aromatic carbocycles. The largest absolute Gasteiger partial charge is 0.399 e. The van der Waals surface area contributed by atoms with Gasteiger partial charge in [-0.1, -0.05) is 0 Å². The van der Waals surface area contributed by atoms with Gasteiger partial charge in [-0.3, -0.25) is 4.72 Å². The van der Waals surface area contributed by atoms with Crippen LogP contribution in [0, 0.1) is 20.8 Å². The molecule has 0 atom stereocenters. The van der Waals surface area contributed by atoms with E-state index in [-0.39, 0.29) is 4.90 Å². The molecule has 2 aromatic rings. The van der Waals surface area contributed by atoms with Crippen LogP contribution >= 0.6 is 15.9 Å². The van der Waals surface area contributed by atoms with Crippen molar-refractivity contribution in [1.82, 2.24) is 4.98 Å². The average Bonchev–Trinajstić information content (AvgIpc) is 2.37. The zero-order valence-corrected chi connectivity index (χ0v) is 14.3. The molecule has 3 N–H and O–H groups in total. The molecule has 0 saturated heterocycles. The van der Waals surface area contributed by atoms with Gasteiger partial charge in [-0.05, 0) is 72.1 Å². The van der Waals surface area contributed by atoms with Crippen LogP contribution in [0.3, 0.4) is 0 Å². The Morgan fingerprint density at radius 1 is 1.19 bits per heavy atom. The fourth-order valence-electron chi connectivity index (χ4n) is 1.97. The van der Waals surface area contributed by atoms with E-state index in [2.05, 4.69) is 25.6 Å². The Bertz CT molecular complexity index is 804. The van der Waals surface area contributed by atoms with Gasteiger partial charge in [0.1, 0.15) is 4.60 Å². The SMILES string of the molecule is Cc1cc(N)cc(S(=O)(=O)Nc2ccc(Br)nc2C)c1C. The molecule has 0 unspecified atom stereocenters. The summed E-state index contributed by atoms with van der Waals surface area (Å²) in [5.41, 5.74) is 8.72. The van der Waals surface area contributed by atoms with E-state index >= 15 is 0 Å². The van der Waals surface area contributed by atoms with Gasteiger partial charge in [-0.25, -0.2) is 13.4 Å². The van der Waals surface area contributed by atoms with Gasteiger partial charge in [-0.2, -0.15) is 0 Å². The molecule has 0 saturated carbocycles. The van der Waals surface area contributed by atoms with Crippen LogP contribution in [0.1, 0.15) is 16.8 Å². The highest BCUT2D eigenvalue weighted by Crippen LogP contribution is 2.26. The summed E-state index contributed by atoms with van der Waals surface area (Å²) < 4.78 is 28.3. The highest BCUT2D eigenvalue weighted by atomic mass is 79.9. The second-order valence-corrected chi connectivity index (χ2v) is 7.30. The molecule has 0 fully saturated rings. The van der Waals surface area contributed by atoms with E-state index in [0.29, 0.717) is 27.2 Å². The van der Waals surface area contributed by atoms with Gasteiger partial charge in [0.25, 0.3) is 10.0 Å². The van der Waals surface area contributed by atoms with Crippen molar-refractivity contribution in [2.24, 2.45) is 0 Å². The predicted octanol–water partition coefficient (Wildman–Crippen LogP) is 3.15. The third kappa shape index (κ3) is 3.36. The zero-order chi connectivity index (χ0) is 15.8. The lowest BCUT2D eigenvalue weighted by molar-refractivity contribution is 0.600. The molecule has 0 spiro atoms. The van der Waals surface area contributed by atoms with Gasteiger partial charge in [0.2, 0.25) is 0 Å². The Kier molecular flexibility index (Phi) is 4.25. The molecule has 112 valence electrons. The maximum absolute atomic E-state index is 12.6. The van der Waals surface area contributed by atoms with Gasteiger partial charge in [-0.15, -0.1) is 0 Å². The molecule has 0 aliphatic carbocycles. The number of sulfonamides is 1. The van der Waals surface area contributed by atoms with E-state index in [4.69, 9.17) is 5.73 Å². The van der Waals surface area contributed by atoms with Crippen molar-refractivity contribution in [1.29, 1.82) is 0 Å². The Hall–Kier alpha value is -1.60. The number of benzene rings is 1. The molecule has 5 nitrogen and oxygen atoms in total. The maximum atomic E-state index is 12.6. The van der Waals surface area contributed by atoms with Crippen LogP contribution in [0.2, 0.25) is 0 Å². The van der Waals surface area contributed by atoms with Crippen molar-refractivity contribution in [3.63, 3.8) is 0 Å². The lowest BCUT2D eigenvalue weighted by Crippen LogP contribution is -2.16. The van der Waals surface area contributed by atoms with Crippen molar-refractivity contribution >= 4 is 37.3 Å². The molecule has 0 amide bonds. The fraction of sp³-hybridized carbons (Fsp3) is 0.214. The molecule has 1 aromatic heterocycles. The Balaban J connectivity index is 2.48. The zero-order valence-electron chi connectivity index (χ0n) is 11.9. The van der Waals surface area contributed by atoms with E-state index in [1.54, 1.807) is 32.0 Å². The van der Waals surface area contributed by atoms with Crippen molar-refractivity contribution in [2.45, 2.75) is 25.7 Å². The van der Waals surface area contributed by atoms with Crippen molar-refractivity contribution in [2.75, 3.05) is 10.5 Å². The van der Waals surface area contributed by atoms with Crippen LogP contribution < -0.4 is 10.5 Å². The summed E-state index contributed by atoms with van der Waals surface area (Å²) in [6, 6.07) is 6.56. The highest BCUT2D eigenvalue weighted by molar-refractivity contribution is 9.10. The molecule has 0 aliphatic rings. The molecule has 0 bridgehead atoms. The first-order valence-corrected chi connectivity index (χ1v) is 8.51. The smallest absolute Gasteiger partial charge is 0.262 e. The number of halogens is 1. The number of nitrogens with zero attached hydrogens (tertiary/aromatic N) is 1. The number of hydrogen-bond acceptors (Lipinski definition) is 4. The first kappa shape index (κ1) is 15.8. The first-order chi connectivity index (χ1) is 9.70. The summed E-state index contributed by atoms with van der Waals surface area (Å²) in [4.78, 5) is 4.36. The minimum absolute atomic E-state index is 0.183. The number of nitrogens with one attached hydrogen (secondary N) is 1. The Labute approximate surface area is 132 Å². The second-order valence-electron chi connectivity index (χ2n) is 4.83. The van der Waals surface area contributed by atoms with E-state index in [0.717, 1.165) is 5.56 Å². The van der Waals surface area contributed by atoms with E-state index in [1.165, 1.54) is 6.07 Å². The molecule has 7 heteroatoms. The standard InChI is InChI=1S/C14H16BrN3O2S/c1-8-6-11(16)7-13(9(8)2)21(19,20)18-12-4-5-14(15)17-10(12)3/h4-7,18H,16H2,1-3H3. The monoisotopic (exact) mass is 369 g/mol. The van der Waals surface area contributed by atoms with Crippen LogP contribution in [0.25, 0.3) is 0 Å². The highest BCUT2D eigenvalue weighted by Gasteiger charge is 2.19. The molecule has 21 heavy (non-hydrogen) atoms. The number of hydrogen-bond donors (Lipinski definition) is 2. The van der Waals surface area contributed by atoms with Crippen LogP contribution in [0.5, 0.6) is 0 Å². The van der Waals surface area contributed by atoms with Crippen molar-refractivity contribution in [3.8, 4) is 0 Å². The number of anilines is 2. The molecular formula is C14H16BrN3O2S. The lowest BCUT2D eigenvalue weighted by Gasteiger charge is -2.14. The van der Waals surface area contributed by atoms with Crippen molar-refractivity contribution < 1.29 is 8.42 Å².